The Balaban J connectivity index is 2.13. The van der Waals surface area contributed by atoms with Crippen LogP contribution in [0, 0.1) is 16.7 Å². The average molecular weight is 377 g/mol. The number of benzene rings is 1. The number of furan rings is 1. The fraction of sp³-hybridized carbons (Fsp3) is 0.190. The summed E-state index contributed by atoms with van der Waals surface area (Å²) in [6.45, 7) is 5.54. The van der Waals surface area contributed by atoms with E-state index in [9.17, 15) is 10.1 Å². The van der Waals surface area contributed by atoms with E-state index in [4.69, 9.17) is 16.6 Å². The molecule has 0 spiro atoms. The summed E-state index contributed by atoms with van der Waals surface area (Å²) >= 11 is 5.51. The molecule has 1 aromatic carbocycles. The molecule has 0 saturated carbocycles. The molecule has 2 N–H and O–H groups in total. The summed E-state index contributed by atoms with van der Waals surface area (Å²) in [4.78, 5) is 13.5. The number of para-hydroxylation sites is 1. The zero-order valence-corrected chi connectivity index (χ0v) is 15.7. The minimum absolute atomic E-state index is 0.288. The fourth-order valence-corrected chi connectivity index (χ4v) is 3.80. The third-order valence-electron chi connectivity index (χ3n) is 4.66. The average Bonchev–Trinajstić information content (AvgIpc) is 3.18. The summed E-state index contributed by atoms with van der Waals surface area (Å²) in [6.07, 6.45) is 3.45. The van der Waals surface area contributed by atoms with Crippen LogP contribution in [0.3, 0.4) is 0 Å². The quantitative estimate of drug-likeness (QED) is 0.600. The Bertz CT molecular complexity index is 942. The number of anilines is 1. The number of amides is 1. The number of hydrogen-bond acceptors (Lipinski definition) is 4. The van der Waals surface area contributed by atoms with Gasteiger partial charge in [-0.25, -0.2) is 0 Å². The van der Waals surface area contributed by atoms with E-state index in [1.165, 1.54) is 6.26 Å². The lowest BCUT2D eigenvalue weighted by Gasteiger charge is -2.40. The van der Waals surface area contributed by atoms with E-state index < -0.39 is 11.3 Å². The SMILES string of the molecule is C=CC[C@@]1(C#N)C(=S)NC(C)=C(C(=O)Nc2ccccc2)[C@H]1c1ccco1. The minimum atomic E-state index is -1.15. The van der Waals surface area contributed by atoms with Crippen LogP contribution < -0.4 is 10.6 Å². The number of carbonyl (C=O) groups excluding carboxylic acids is 1. The highest BCUT2D eigenvalue weighted by Gasteiger charge is 2.51. The summed E-state index contributed by atoms with van der Waals surface area (Å²) in [5, 5.41) is 16.0. The Hall–Kier alpha value is -3.17. The van der Waals surface area contributed by atoms with Crippen molar-refractivity contribution in [3.8, 4) is 6.07 Å². The molecule has 2 heterocycles. The summed E-state index contributed by atoms with van der Waals surface area (Å²) in [5.74, 6) is -0.438. The van der Waals surface area contributed by atoms with Gasteiger partial charge in [0, 0.05) is 17.0 Å². The fourth-order valence-electron chi connectivity index (χ4n) is 3.40. The van der Waals surface area contributed by atoms with Gasteiger partial charge in [0.15, 0.2) is 0 Å². The zero-order chi connectivity index (χ0) is 19.4. The molecule has 2 atom stereocenters. The van der Waals surface area contributed by atoms with Crippen molar-refractivity contribution in [3.63, 3.8) is 0 Å². The molecule has 3 rings (SSSR count). The van der Waals surface area contributed by atoms with Gasteiger partial charge in [0.1, 0.15) is 16.2 Å². The minimum Gasteiger partial charge on any atom is -0.469 e. The number of rotatable bonds is 5. The molecule has 0 bridgehead atoms. The Kier molecular flexibility index (Phi) is 5.24. The molecule has 27 heavy (non-hydrogen) atoms. The predicted molar refractivity (Wildman–Crippen MR) is 108 cm³/mol. The first-order valence-electron chi connectivity index (χ1n) is 8.47. The number of carbonyl (C=O) groups is 1. The van der Waals surface area contributed by atoms with Gasteiger partial charge in [-0.15, -0.1) is 6.58 Å². The van der Waals surface area contributed by atoms with Crippen molar-refractivity contribution >= 4 is 28.8 Å². The normalized spacial score (nSPS) is 21.9. The second-order valence-electron chi connectivity index (χ2n) is 6.34. The van der Waals surface area contributed by atoms with Crippen molar-refractivity contribution in [3.05, 3.63) is 78.4 Å². The number of allylic oxidation sites excluding steroid dienone is 2. The molecule has 0 unspecified atom stereocenters. The smallest absolute Gasteiger partial charge is 0.254 e. The lowest BCUT2D eigenvalue weighted by atomic mass is 9.66. The van der Waals surface area contributed by atoms with E-state index in [-0.39, 0.29) is 12.3 Å². The van der Waals surface area contributed by atoms with Crippen LogP contribution in [0.2, 0.25) is 0 Å². The zero-order valence-electron chi connectivity index (χ0n) is 14.9. The van der Waals surface area contributed by atoms with E-state index in [0.717, 1.165) is 0 Å². The molecule has 1 aliphatic heterocycles. The Labute approximate surface area is 163 Å². The second-order valence-corrected chi connectivity index (χ2v) is 6.75. The lowest BCUT2D eigenvalue weighted by molar-refractivity contribution is -0.113. The molecule has 0 aliphatic carbocycles. The molecule has 136 valence electrons. The van der Waals surface area contributed by atoms with Gasteiger partial charge in [-0.05, 0) is 37.6 Å². The van der Waals surface area contributed by atoms with Crippen LogP contribution in [0.15, 0.2) is 77.1 Å². The number of nitrogens with one attached hydrogen (secondary N) is 2. The highest BCUT2D eigenvalue weighted by atomic mass is 32.1. The van der Waals surface area contributed by atoms with Gasteiger partial charge in [0.05, 0.1) is 18.3 Å². The van der Waals surface area contributed by atoms with Crippen molar-refractivity contribution < 1.29 is 9.21 Å². The first-order valence-corrected chi connectivity index (χ1v) is 8.88. The molecule has 2 aromatic rings. The standard InChI is InChI=1S/C21H19N3O2S/c1-3-11-21(13-22)18(16-10-7-12-26-16)17(14(2)23-20(21)27)19(25)24-15-8-5-4-6-9-15/h3-10,12,18H,1,11H2,2H3,(H,23,27)(H,24,25)/t18-,21+/m1/s1. The van der Waals surface area contributed by atoms with Crippen LogP contribution >= 0.6 is 12.2 Å². The number of nitrogens with zero attached hydrogens (tertiary/aromatic N) is 1. The highest BCUT2D eigenvalue weighted by Crippen LogP contribution is 2.48. The van der Waals surface area contributed by atoms with E-state index >= 15 is 0 Å². The lowest BCUT2D eigenvalue weighted by Crippen LogP contribution is -2.49. The largest absolute Gasteiger partial charge is 0.469 e. The van der Waals surface area contributed by atoms with Crippen LogP contribution in [0.4, 0.5) is 5.69 Å². The van der Waals surface area contributed by atoms with E-state index in [1.807, 2.05) is 18.2 Å². The summed E-state index contributed by atoms with van der Waals surface area (Å²) < 4.78 is 5.62. The van der Waals surface area contributed by atoms with Crippen molar-refractivity contribution in [2.75, 3.05) is 5.32 Å². The monoisotopic (exact) mass is 377 g/mol. The van der Waals surface area contributed by atoms with Crippen LogP contribution in [0.5, 0.6) is 0 Å². The molecule has 1 aliphatic rings. The summed E-state index contributed by atoms with van der Waals surface area (Å²) in [5.41, 5.74) is 0.536. The van der Waals surface area contributed by atoms with Crippen molar-refractivity contribution in [2.24, 2.45) is 5.41 Å². The van der Waals surface area contributed by atoms with Gasteiger partial charge >= 0.3 is 0 Å². The maximum absolute atomic E-state index is 13.2. The van der Waals surface area contributed by atoms with Crippen molar-refractivity contribution in [1.82, 2.24) is 5.32 Å². The molecule has 6 heteroatoms. The van der Waals surface area contributed by atoms with E-state index in [2.05, 4.69) is 23.3 Å². The van der Waals surface area contributed by atoms with Crippen LogP contribution in [-0.2, 0) is 4.79 Å². The molecule has 0 fully saturated rings. The van der Waals surface area contributed by atoms with Crippen molar-refractivity contribution in [2.45, 2.75) is 19.3 Å². The molecule has 1 amide bonds. The van der Waals surface area contributed by atoms with Gasteiger partial charge in [0.25, 0.3) is 5.91 Å². The predicted octanol–water partition coefficient (Wildman–Crippen LogP) is 4.29. The van der Waals surface area contributed by atoms with Gasteiger partial charge < -0.3 is 15.1 Å². The molecular weight excluding hydrogens is 358 g/mol. The molecule has 0 radical (unpaired) electrons. The van der Waals surface area contributed by atoms with E-state index in [1.54, 1.807) is 37.3 Å². The van der Waals surface area contributed by atoms with Crippen LogP contribution in [0.1, 0.15) is 25.0 Å². The molecule has 5 nitrogen and oxygen atoms in total. The first-order chi connectivity index (χ1) is 13.0. The second kappa shape index (κ2) is 7.60. The van der Waals surface area contributed by atoms with Crippen LogP contribution in [0.25, 0.3) is 0 Å². The summed E-state index contributed by atoms with van der Waals surface area (Å²) in [7, 11) is 0. The number of thiocarbonyl (C=S) groups is 1. The Morgan fingerprint density at radius 3 is 2.74 bits per heavy atom. The molecular formula is C21H19N3O2S. The molecule has 0 saturated heterocycles. The van der Waals surface area contributed by atoms with Crippen molar-refractivity contribution in [1.29, 1.82) is 5.26 Å². The topological polar surface area (TPSA) is 78.1 Å². The maximum atomic E-state index is 13.2. The summed E-state index contributed by atoms with van der Waals surface area (Å²) in [6, 6.07) is 15.0. The number of nitriles is 1. The van der Waals surface area contributed by atoms with Gasteiger partial charge in [-0.1, -0.05) is 36.5 Å². The third-order valence-corrected chi connectivity index (χ3v) is 5.13. The number of hydrogen-bond donors (Lipinski definition) is 2. The van der Waals surface area contributed by atoms with Gasteiger partial charge in [-0.2, -0.15) is 5.26 Å². The highest BCUT2D eigenvalue weighted by molar-refractivity contribution is 7.80. The van der Waals surface area contributed by atoms with Crippen LogP contribution in [-0.4, -0.2) is 10.9 Å². The molecule has 1 aromatic heterocycles. The Morgan fingerprint density at radius 2 is 2.15 bits per heavy atom. The first kappa shape index (κ1) is 18.6. The third kappa shape index (κ3) is 3.29. The van der Waals surface area contributed by atoms with E-state index in [0.29, 0.717) is 27.7 Å². The maximum Gasteiger partial charge on any atom is 0.254 e. The van der Waals surface area contributed by atoms with Gasteiger partial charge in [0.2, 0.25) is 0 Å². The Morgan fingerprint density at radius 1 is 1.41 bits per heavy atom. The van der Waals surface area contributed by atoms with Gasteiger partial charge in [-0.3, -0.25) is 4.79 Å².